The van der Waals surface area contributed by atoms with Crippen LogP contribution >= 0.6 is 0 Å². The lowest BCUT2D eigenvalue weighted by molar-refractivity contribution is 0.254. The second-order valence-corrected chi connectivity index (χ2v) is 2.96. The van der Waals surface area contributed by atoms with Crippen LogP contribution in [0.4, 0.5) is 5.69 Å². The second-order valence-electron chi connectivity index (χ2n) is 2.96. The molecule has 0 atom stereocenters. The van der Waals surface area contributed by atoms with Crippen molar-refractivity contribution >= 4 is 5.69 Å². The molecule has 0 heterocycles. The van der Waals surface area contributed by atoms with E-state index in [2.05, 4.69) is 0 Å². The van der Waals surface area contributed by atoms with Crippen LogP contribution in [-0.4, -0.2) is 11.8 Å². The molecule has 12 heavy (non-hydrogen) atoms. The molecule has 1 aromatic carbocycles. The zero-order chi connectivity index (χ0) is 8.97. The smallest absolute Gasteiger partial charge is 0.0636 e. The van der Waals surface area contributed by atoms with Gasteiger partial charge in [0.2, 0.25) is 0 Å². The summed E-state index contributed by atoms with van der Waals surface area (Å²) < 4.78 is 0. The topological polar surface area (TPSA) is 23.5 Å². The molecule has 1 rings (SSSR count). The normalized spacial score (nSPS) is 9.92. The largest absolute Gasteiger partial charge is 0.288 e. The first-order valence-electron chi connectivity index (χ1n) is 4.27. The van der Waals surface area contributed by atoms with E-state index < -0.39 is 0 Å². The summed E-state index contributed by atoms with van der Waals surface area (Å²) in [5.74, 6) is 0. The number of anilines is 1. The van der Waals surface area contributed by atoms with E-state index >= 15 is 0 Å². The molecule has 0 spiro atoms. The highest BCUT2D eigenvalue weighted by Gasteiger charge is 1.99. The molecule has 0 aliphatic heterocycles. The fraction of sp³-hybridized carbons (Fsp3) is 0.400. The van der Waals surface area contributed by atoms with Crippen LogP contribution in [0.2, 0.25) is 0 Å². The summed E-state index contributed by atoms with van der Waals surface area (Å²) in [4.78, 5) is 0. The van der Waals surface area contributed by atoms with E-state index in [0.29, 0.717) is 6.54 Å². The van der Waals surface area contributed by atoms with Gasteiger partial charge in [0.1, 0.15) is 0 Å². The molecule has 0 radical (unpaired) electrons. The highest BCUT2D eigenvalue weighted by Crippen LogP contribution is 2.13. The third-order valence-corrected chi connectivity index (χ3v) is 1.74. The standard InChI is InChI=1S/C10H15NO/c1-3-7-11(12)10-6-4-5-9(2)8-10/h4-6,8,12H,3,7H2,1-2H3. The van der Waals surface area contributed by atoms with Gasteiger partial charge in [-0.15, -0.1) is 0 Å². The Balaban J connectivity index is 2.73. The summed E-state index contributed by atoms with van der Waals surface area (Å²) in [6, 6.07) is 7.84. The van der Waals surface area contributed by atoms with Crippen molar-refractivity contribution in [2.45, 2.75) is 20.3 Å². The average Bonchev–Trinajstić information content (AvgIpc) is 2.05. The molecule has 0 fully saturated rings. The molecule has 0 bridgehead atoms. The second kappa shape index (κ2) is 4.12. The van der Waals surface area contributed by atoms with Crippen molar-refractivity contribution in [1.29, 1.82) is 0 Å². The molecule has 0 aliphatic carbocycles. The molecular formula is C10H15NO. The zero-order valence-corrected chi connectivity index (χ0v) is 7.62. The van der Waals surface area contributed by atoms with E-state index in [4.69, 9.17) is 0 Å². The van der Waals surface area contributed by atoms with Gasteiger partial charge in [0.25, 0.3) is 0 Å². The molecule has 1 aromatic rings. The maximum Gasteiger partial charge on any atom is 0.0636 e. The average molecular weight is 165 g/mol. The summed E-state index contributed by atoms with van der Waals surface area (Å²) >= 11 is 0. The molecule has 66 valence electrons. The van der Waals surface area contributed by atoms with Crippen LogP contribution in [0.5, 0.6) is 0 Å². The minimum absolute atomic E-state index is 0.684. The van der Waals surface area contributed by atoms with Crippen LogP contribution in [0.25, 0.3) is 0 Å². The Morgan fingerprint density at radius 2 is 2.17 bits per heavy atom. The lowest BCUT2D eigenvalue weighted by Gasteiger charge is -2.15. The number of aryl methyl sites for hydroxylation is 1. The summed E-state index contributed by atoms with van der Waals surface area (Å²) in [5.41, 5.74) is 2.04. The number of rotatable bonds is 3. The molecular weight excluding hydrogens is 150 g/mol. The van der Waals surface area contributed by atoms with Crippen molar-refractivity contribution in [2.75, 3.05) is 11.6 Å². The molecule has 0 aliphatic rings. The van der Waals surface area contributed by atoms with E-state index in [0.717, 1.165) is 12.1 Å². The van der Waals surface area contributed by atoms with Gasteiger partial charge >= 0.3 is 0 Å². The molecule has 0 aromatic heterocycles. The number of hydrogen-bond acceptors (Lipinski definition) is 2. The first kappa shape index (κ1) is 9.07. The minimum Gasteiger partial charge on any atom is -0.288 e. The van der Waals surface area contributed by atoms with Gasteiger partial charge in [-0.3, -0.25) is 10.3 Å². The van der Waals surface area contributed by atoms with Gasteiger partial charge in [-0.2, -0.15) is 0 Å². The summed E-state index contributed by atoms with van der Waals surface area (Å²) in [6.07, 6.45) is 0.949. The SMILES string of the molecule is CCCN(O)c1cccc(C)c1. The Bertz CT molecular complexity index is 247. The quantitative estimate of drug-likeness (QED) is 0.696. The van der Waals surface area contributed by atoms with Gasteiger partial charge in [0, 0.05) is 6.54 Å². The number of hydrogen-bond donors (Lipinski definition) is 1. The first-order chi connectivity index (χ1) is 5.74. The van der Waals surface area contributed by atoms with E-state index in [1.165, 1.54) is 10.6 Å². The van der Waals surface area contributed by atoms with Crippen LogP contribution in [-0.2, 0) is 0 Å². The number of nitrogens with zero attached hydrogens (tertiary/aromatic N) is 1. The predicted molar refractivity (Wildman–Crippen MR) is 50.6 cm³/mol. The Kier molecular flexibility index (Phi) is 3.11. The van der Waals surface area contributed by atoms with Gasteiger partial charge in [-0.25, -0.2) is 0 Å². The maximum atomic E-state index is 9.48. The summed E-state index contributed by atoms with van der Waals surface area (Å²) in [6.45, 7) is 4.74. The van der Waals surface area contributed by atoms with E-state index in [9.17, 15) is 5.21 Å². The summed E-state index contributed by atoms with van der Waals surface area (Å²) in [5, 5.41) is 10.8. The van der Waals surface area contributed by atoms with Gasteiger partial charge in [-0.05, 0) is 31.0 Å². The van der Waals surface area contributed by atoms with Gasteiger partial charge < -0.3 is 0 Å². The third-order valence-electron chi connectivity index (χ3n) is 1.74. The first-order valence-corrected chi connectivity index (χ1v) is 4.27. The van der Waals surface area contributed by atoms with Crippen LogP contribution in [0, 0.1) is 6.92 Å². The van der Waals surface area contributed by atoms with E-state index in [1.807, 2.05) is 38.1 Å². The Labute approximate surface area is 73.4 Å². The Morgan fingerprint density at radius 1 is 1.42 bits per heavy atom. The van der Waals surface area contributed by atoms with Crippen LogP contribution in [0.15, 0.2) is 24.3 Å². The van der Waals surface area contributed by atoms with Crippen molar-refractivity contribution < 1.29 is 5.21 Å². The van der Waals surface area contributed by atoms with Crippen LogP contribution in [0.3, 0.4) is 0 Å². The summed E-state index contributed by atoms with van der Waals surface area (Å²) in [7, 11) is 0. The van der Waals surface area contributed by atoms with Crippen LogP contribution < -0.4 is 5.06 Å². The Hall–Kier alpha value is -1.02. The van der Waals surface area contributed by atoms with Gasteiger partial charge in [0.05, 0.1) is 5.69 Å². The van der Waals surface area contributed by atoms with Gasteiger partial charge in [-0.1, -0.05) is 19.1 Å². The Morgan fingerprint density at radius 3 is 2.75 bits per heavy atom. The lowest BCUT2D eigenvalue weighted by atomic mass is 10.2. The molecule has 0 amide bonds. The van der Waals surface area contributed by atoms with Crippen molar-refractivity contribution in [3.63, 3.8) is 0 Å². The maximum absolute atomic E-state index is 9.48. The van der Waals surface area contributed by atoms with E-state index in [-0.39, 0.29) is 0 Å². The highest BCUT2D eigenvalue weighted by atomic mass is 16.5. The predicted octanol–water partition coefficient (Wildman–Crippen LogP) is 2.60. The molecule has 0 saturated carbocycles. The highest BCUT2D eigenvalue weighted by molar-refractivity contribution is 5.45. The molecule has 2 nitrogen and oxygen atoms in total. The number of hydroxylamine groups is 1. The third kappa shape index (κ3) is 2.24. The monoisotopic (exact) mass is 165 g/mol. The zero-order valence-electron chi connectivity index (χ0n) is 7.62. The van der Waals surface area contributed by atoms with Crippen LogP contribution in [0.1, 0.15) is 18.9 Å². The molecule has 0 unspecified atom stereocenters. The molecule has 1 N–H and O–H groups in total. The van der Waals surface area contributed by atoms with E-state index in [1.54, 1.807) is 0 Å². The molecule has 0 saturated heterocycles. The minimum atomic E-state index is 0.684. The number of benzene rings is 1. The van der Waals surface area contributed by atoms with Crippen molar-refractivity contribution in [3.8, 4) is 0 Å². The van der Waals surface area contributed by atoms with Gasteiger partial charge in [0.15, 0.2) is 0 Å². The van der Waals surface area contributed by atoms with Crippen molar-refractivity contribution in [2.24, 2.45) is 0 Å². The fourth-order valence-electron chi connectivity index (χ4n) is 1.13. The molecule has 2 heteroatoms. The van der Waals surface area contributed by atoms with Crippen molar-refractivity contribution in [1.82, 2.24) is 0 Å². The fourth-order valence-corrected chi connectivity index (χ4v) is 1.13. The van der Waals surface area contributed by atoms with Crippen molar-refractivity contribution in [3.05, 3.63) is 29.8 Å². The lowest BCUT2D eigenvalue weighted by Crippen LogP contribution is -2.18.